The summed E-state index contributed by atoms with van der Waals surface area (Å²) in [4.78, 5) is 37.8. The Morgan fingerprint density at radius 3 is 2.90 bits per heavy atom. The highest BCUT2D eigenvalue weighted by Crippen LogP contribution is 2.20. The van der Waals surface area contributed by atoms with Gasteiger partial charge in [0.05, 0.1) is 12.3 Å². The Kier molecular flexibility index (Phi) is 3.47. The van der Waals surface area contributed by atoms with Crippen LogP contribution in [0.4, 0.5) is 4.79 Å². The molecule has 1 atom stereocenters. The van der Waals surface area contributed by atoms with Crippen molar-refractivity contribution in [3.63, 3.8) is 0 Å². The molecule has 1 aromatic heterocycles. The standard InChI is InChI=1S/C14H14N2O5/c17-12(4-3-11-2-1-7-20-11)15-6-5-10(8-15)16-13(18)9-21-14(16)19/h1-4,7,10H,5-6,8-9H2. The number of furan rings is 1. The van der Waals surface area contributed by atoms with E-state index in [0.29, 0.717) is 25.3 Å². The second-order valence-electron chi connectivity index (χ2n) is 4.89. The molecule has 110 valence electrons. The average molecular weight is 290 g/mol. The maximum Gasteiger partial charge on any atom is 0.417 e. The summed E-state index contributed by atoms with van der Waals surface area (Å²) >= 11 is 0. The van der Waals surface area contributed by atoms with Crippen LogP contribution < -0.4 is 0 Å². The topological polar surface area (TPSA) is 80.1 Å². The van der Waals surface area contributed by atoms with Crippen LogP contribution in [-0.2, 0) is 14.3 Å². The molecule has 0 aliphatic carbocycles. The molecule has 3 rings (SSSR count). The highest BCUT2D eigenvalue weighted by Gasteiger charge is 2.40. The number of amides is 3. The number of hydrogen-bond acceptors (Lipinski definition) is 5. The fourth-order valence-corrected chi connectivity index (χ4v) is 2.51. The number of cyclic esters (lactones) is 1. The second kappa shape index (κ2) is 5.43. The summed E-state index contributed by atoms with van der Waals surface area (Å²) < 4.78 is 9.80. The van der Waals surface area contributed by atoms with Crippen molar-refractivity contribution >= 4 is 24.0 Å². The monoisotopic (exact) mass is 290 g/mol. The Labute approximate surface area is 120 Å². The zero-order valence-corrected chi connectivity index (χ0v) is 11.2. The van der Waals surface area contributed by atoms with Gasteiger partial charge in [-0.2, -0.15) is 0 Å². The SMILES string of the molecule is O=C(C=Cc1ccco1)N1CCC(N2C(=O)COC2=O)C1. The maximum absolute atomic E-state index is 12.0. The Hall–Kier alpha value is -2.57. The van der Waals surface area contributed by atoms with Gasteiger partial charge in [0, 0.05) is 19.2 Å². The van der Waals surface area contributed by atoms with Crippen LogP contribution in [0.3, 0.4) is 0 Å². The highest BCUT2D eigenvalue weighted by molar-refractivity contribution is 5.98. The first kappa shape index (κ1) is 13.4. The minimum Gasteiger partial charge on any atom is -0.465 e. The predicted molar refractivity (Wildman–Crippen MR) is 70.9 cm³/mol. The van der Waals surface area contributed by atoms with Crippen LogP contribution in [0.15, 0.2) is 28.9 Å². The molecule has 2 aliphatic heterocycles. The summed E-state index contributed by atoms with van der Waals surface area (Å²) in [5.41, 5.74) is 0. The van der Waals surface area contributed by atoms with Crippen LogP contribution in [0.5, 0.6) is 0 Å². The first-order valence-corrected chi connectivity index (χ1v) is 6.64. The molecule has 0 radical (unpaired) electrons. The lowest BCUT2D eigenvalue weighted by Crippen LogP contribution is -2.41. The van der Waals surface area contributed by atoms with E-state index < -0.39 is 6.09 Å². The third-order valence-corrected chi connectivity index (χ3v) is 3.56. The lowest BCUT2D eigenvalue weighted by Gasteiger charge is -2.19. The van der Waals surface area contributed by atoms with E-state index in [2.05, 4.69) is 4.74 Å². The molecule has 2 saturated heterocycles. The van der Waals surface area contributed by atoms with E-state index in [-0.39, 0.29) is 24.5 Å². The molecule has 0 bridgehead atoms. The van der Waals surface area contributed by atoms with Crippen LogP contribution in [0.2, 0.25) is 0 Å². The van der Waals surface area contributed by atoms with Crippen molar-refractivity contribution in [1.29, 1.82) is 0 Å². The Balaban J connectivity index is 1.60. The van der Waals surface area contributed by atoms with Crippen molar-refractivity contribution in [3.05, 3.63) is 30.2 Å². The first-order valence-electron chi connectivity index (χ1n) is 6.64. The van der Waals surface area contributed by atoms with Gasteiger partial charge in [-0.25, -0.2) is 9.69 Å². The second-order valence-corrected chi connectivity index (χ2v) is 4.89. The fraction of sp³-hybridized carbons (Fsp3) is 0.357. The number of imide groups is 1. The number of nitrogens with zero attached hydrogens (tertiary/aromatic N) is 2. The van der Waals surface area contributed by atoms with E-state index in [9.17, 15) is 14.4 Å². The largest absolute Gasteiger partial charge is 0.465 e. The molecule has 7 nitrogen and oxygen atoms in total. The van der Waals surface area contributed by atoms with Crippen molar-refractivity contribution in [1.82, 2.24) is 9.80 Å². The fourth-order valence-electron chi connectivity index (χ4n) is 2.51. The lowest BCUT2D eigenvalue weighted by atomic mass is 10.2. The van der Waals surface area contributed by atoms with Crippen LogP contribution in [0.1, 0.15) is 12.2 Å². The molecule has 0 saturated carbocycles. The molecule has 1 aromatic rings. The third-order valence-electron chi connectivity index (χ3n) is 3.56. The van der Waals surface area contributed by atoms with Gasteiger partial charge in [0.2, 0.25) is 5.91 Å². The van der Waals surface area contributed by atoms with E-state index in [0.717, 1.165) is 4.90 Å². The molecular weight excluding hydrogens is 276 g/mol. The van der Waals surface area contributed by atoms with Crippen molar-refractivity contribution < 1.29 is 23.5 Å². The van der Waals surface area contributed by atoms with Crippen molar-refractivity contribution in [2.45, 2.75) is 12.5 Å². The average Bonchev–Trinajstić information content (AvgIpc) is 3.18. The summed E-state index contributed by atoms with van der Waals surface area (Å²) in [5, 5.41) is 0. The van der Waals surface area contributed by atoms with Gasteiger partial charge in [-0.3, -0.25) is 9.59 Å². The summed E-state index contributed by atoms with van der Waals surface area (Å²) in [5.74, 6) is 0.0803. The van der Waals surface area contributed by atoms with Crippen molar-refractivity contribution in [2.24, 2.45) is 0 Å². The van der Waals surface area contributed by atoms with Crippen LogP contribution >= 0.6 is 0 Å². The van der Waals surface area contributed by atoms with Gasteiger partial charge in [0.15, 0.2) is 6.61 Å². The molecule has 0 N–H and O–H groups in total. The third kappa shape index (κ3) is 2.67. The molecular formula is C14H14N2O5. The quantitative estimate of drug-likeness (QED) is 0.772. The van der Waals surface area contributed by atoms with E-state index >= 15 is 0 Å². The van der Waals surface area contributed by atoms with Crippen molar-refractivity contribution in [2.75, 3.05) is 19.7 Å². The van der Waals surface area contributed by atoms with Gasteiger partial charge in [-0.1, -0.05) is 0 Å². The number of rotatable bonds is 3. The normalized spacial score (nSPS) is 22.4. The van der Waals surface area contributed by atoms with Gasteiger partial charge >= 0.3 is 6.09 Å². The number of carbonyl (C=O) groups excluding carboxylic acids is 3. The Morgan fingerprint density at radius 1 is 1.38 bits per heavy atom. The molecule has 2 fully saturated rings. The molecule has 0 spiro atoms. The Morgan fingerprint density at radius 2 is 2.24 bits per heavy atom. The van der Waals surface area contributed by atoms with Crippen LogP contribution in [0, 0.1) is 0 Å². The molecule has 21 heavy (non-hydrogen) atoms. The number of ether oxygens (including phenoxy) is 1. The lowest BCUT2D eigenvalue weighted by molar-refractivity contribution is -0.128. The molecule has 3 amide bonds. The summed E-state index contributed by atoms with van der Waals surface area (Å²) in [6, 6.07) is 3.18. The minimum absolute atomic E-state index is 0.172. The van der Waals surface area contributed by atoms with E-state index in [1.165, 1.54) is 12.3 Å². The van der Waals surface area contributed by atoms with Crippen LogP contribution in [-0.4, -0.2) is 53.4 Å². The summed E-state index contributed by atoms with van der Waals surface area (Å²) in [7, 11) is 0. The maximum atomic E-state index is 12.0. The van der Waals surface area contributed by atoms with E-state index in [1.54, 1.807) is 23.1 Å². The van der Waals surface area contributed by atoms with E-state index in [4.69, 9.17) is 4.42 Å². The van der Waals surface area contributed by atoms with Gasteiger partial charge in [0.25, 0.3) is 5.91 Å². The first-order chi connectivity index (χ1) is 10.1. The minimum atomic E-state index is -0.620. The number of carbonyl (C=O) groups is 3. The summed E-state index contributed by atoms with van der Waals surface area (Å²) in [6.07, 6.45) is 4.49. The van der Waals surface area contributed by atoms with E-state index in [1.807, 2.05) is 0 Å². The van der Waals surface area contributed by atoms with Gasteiger partial charge in [-0.15, -0.1) is 0 Å². The number of likely N-dealkylation sites (tertiary alicyclic amines) is 1. The Bertz CT molecular complexity index is 577. The van der Waals surface area contributed by atoms with Gasteiger partial charge in [-0.05, 0) is 24.6 Å². The van der Waals surface area contributed by atoms with Crippen molar-refractivity contribution in [3.8, 4) is 0 Å². The van der Waals surface area contributed by atoms with Gasteiger partial charge in [0.1, 0.15) is 5.76 Å². The smallest absolute Gasteiger partial charge is 0.417 e. The zero-order valence-electron chi connectivity index (χ0n) is 11.2. The molecule has 2 aliphatic rings. The zero-order chi connectivity index (χ0) is 14.8. The molecule has 3 heterocycles. The molecule has 1 unspecified atom stereocenters. The molecule has 0 aromatic carbocycles. The molecule has 7 heteroatoms. The highest BCUT2D eigenvalue weighted by atomic mass is 16.6. The van der Waals surface area contributed by atoms with Gasteiger partial charge < -0.3 is 14.1 Å². The summed E-state index contributed by atoms with van der Waals surface area (Å²) in [6.45, 7) is 0.632. The number of hydrogen-bond donors (Lipinski definition) is 0. The van der Waals surface area contributed by atoms with Crippen LogP contribution in [0.25, 0.3) is 6.08 Å². The predicted octanol–water partition coefficient (Wildman–Crippen LogP) is 0.873.